The maximum Gasteiger partial charge on any atom is 0.0522 e. The summed E-state index contributed by atoms with van der Waals surface area (Å²) in [6.45, 7) is 8.26. The summed E-state index contributed by atoms with van der Waals surface area (Å²) in [6, 6.07) is 6.85. The van der Waals surface area contributed by atoms with Gasteiger partial charge in [0.25, 0.3) is 0 Å². The van der Waals surface area contributed by atoms with E-state index in [1.165, 1.54) is 15.4 Å². The second kappa shape index (κ2) is 5.47. The van der Waals surface area contributed by atoms with Gasteiger partial charge in [-0.2, -0.15) is 5.10 Å². The van der Waals surface area contributed by atoms with Gasteiger partial charge in [-0.3, -0.25) is 4.68 Å². The van der Waals surface area contributed by atoms with Gasteiger partial charge in [0.05, 0.1) is 5.69 Å². The first-order chi connectivity index (χ1) is 8.20. The van der Waals surface area contributed by atoms with E-state index in [4.69, 9.17) is 0 Å². The molecule has 0 radical (unpaired) electrons. The highest BCUT2D eigenvalue weighted by molar-refractivity contribution is 7.12. The van der Waals surface area contributed by atoms with Crippen molar-refractivity contribution in [2.45, 2.75) is 39.9 Å². The largest absolute Gasteiger partial charge is 0.304 e. The highest BCUT2D eigenvalue weighted by atomic mass is 32.1. The molecular formula is C13H19N3S. The Labute approximate surface area is 106 Å². The first-order valence-corrected chi connectivity index (χ1v) is 6.82. The Morgan fingerprint density at radius 2 is 2.24 bits per heavy atom. The third-order valence-electron chi connectivity index (χ3n) is 2.88. The summed E-state index contributed by atoms with van der Waals surface area (Å²) in [5.74, 6) is 0. The zero-order valence-corrected chi connectivity index (χ0v) is 11.4. The van der Waals surface area contributed by atoms with Crippen LogP contribution in [0.4, 0.5) is 0 Å². The second-order valence-corrected chi connectivity index (χ2v) is 5.51. The maximum absolute atomic E-state index is 4.27. The van der Waals surface area contributed by atoms with Gasteiger partial charge in [-0.25, -0.2) is 0 Å². The molecule has 0 aliphatic carbocycles. The number of thiophene rings is 1. The molecular weight excluding hydrogens is 230 g/mol. The quantitative estimate of drug-likeness (QED) is 0.882. The predicted octanol–water partition coefficient (Wildman–Crippen LogP) is 3.12. The van der Waals surface area contributed by atoms with Crippen molar-refractivity contribution in [3.05, 3.63) is 39.8 Å². The highest BCUT2D eigenvalue weighted by Gasteiger charge is 2.08. The van der Waals surface area contributed by atoms with Crippen LogP contribution in [-0.2, 0) is 13.1 Å². The molecule has 2 rings (SSSR count). The number of aromatic nitrogens is 2. The lowest BCUT2D eigenvalue weighted by Gasteiger charge is -2.12. The van der Waals surface area contributed by atoms with E-state index in [-0.39, 0.29) is 0 Å². The fourth-order valence-corrected chi connectivity index (χ4v) is 2.74. The molecule has 1 unspecified atom stereocenters. The van der Waals surface area contributed by atoms with Crippen molar-refractivity contribution >= 4 is 11.3 Å². The fourth-order valence-electron chi connectivity index (χ4n) is 1.84. The highest BCUT2D eigenvalue weighted by Crippen LogP contribution is 2.22. The van der Waals surface area contributed by atoms with Crippen LogP contribution < -0.4 is 5.32 Å². The zero-order valence-electron chi connectivity index (χ0n) is 10.6. The Hall–Kier alpha value is -1.13. The number of hydrogen-bond acceptors (Lipinski definition) is 3. The van der Waals surface area contributed by atoms with Crippen LogP contribution in [0.2, 0.25) is 0 Å². The molecule has 1 atom stereocenters. The Kier molecular flexibility index (Phi) is 3.97. The van der Waals surface area contributed by atoms with Crippen molar-refractivity contribution < 1.29 is 0 Å². The fraction of sp³-hybridized carbons (Fsp3) is 0.462. The molecule has 4 heteroatoms. The van der Waals surface area contributed by atoms with E-state index < -0.39 is 0 Å². The zero-order chi connectivity index (χ0) is 12.3. The van der Waals surface area contributed by atoms with Crippen LogP contribution in [0.1, 0.15) is 35.3 Å². The van der Waals surface area contributed by atoms with Crippen molar-refractivity contribution in [3.8, 4) is 0 Å². The van der Waals surface area contributed by atoms with Crippen LogP contribution in [0, 0.1) is 6.92 Å². The Morgan fingerprint density at radius 1 is 1.41 bits per heavy atom. The van der Waals surface area contributed by atoms with E-state index in [2.05, 4.69) is 49.4 Å². The Bertz CT molecular complexity index is 472. The number of nitrogens with zero attached hydrogens (tertiary/aromatic N) is 2. The van der Waals surface area contributed by atoms with Crippen LogP contribution in [0.3, 0.4) is 0 Å². The van der Waals surface area contributed by atoms with E-state index in [0.717, 1.165) is 13.1 Å². The van der Waals surface area contributed by atoms with E-state index in [1.807, 2.05) is 22.2 Å². The molecule has 0 fully saturated rings. The first-order valence-electron chi connectivity index (χ1n) is 6.01. The molecule has 17 heavy (non-hydrogen) atoms. The molecule has 0 bridgehead atoms. The average molecular weight is 249 g/mol. The maximum atomic E-state index is 4.27. The van der Waals surface area contributed by atoms with Gasteiger partial charge in [-0.05, 0) is 39.0 Å². The van der Waals surface area contributed by atoms with Crippen molar-refractivity contribution in [1.82, 2.24) is 15.1 Å². The third kappa shape index (κ3) is 2.96. The van der Waals surface area contributed by atoms with Gasteiger partial charge in [0.2, 0.25) is 0 Å². The monoisotopic (exact) mass is 249 g/mol. The molecule has 0 aliphatic heterocycles. The van der Waals surface area contributed by atoms with Crippen molar-refractivity contribution in [3.63, 3.8) is 0 Å². The topological polar surface area (TPSA) is 29.9 Å². The molecule has 2 heterocycles. The summed E-state index contributed by atoms with van der Waals surface area (Å²) in [5.41, 5.74) is 1.24. The average Bonchev–Trinajstić information content (AvgIpc) is 2.94. The molecule has 0 aliphatic rings. The minimum Gasteiger partial charge on any atom is -0.304 e. The number of nitrogens with one attached hydrogen (secondary N) is 1. The summed E-state index contributed by atoms with van der Waals surface area (Å²) in [5, 5.41) is 7.81. The molecule has 0 aromatic carbocycles. The minimum absolute atomic E-state index is 0.397. The standard InChI is InChI=1S/C13H19N3S/c1-4-16-12(7-8-15-16)9-14-11(3)13-6-5-10(2)17-13/h5-8,11,14H,4,9H2,1-3H3. The van der Waals surface area contributed by atoms with Crippen LogP contribution >= 0.6 is 11.3 Å². The summed E-state index contributed by atoms with van der Waals surface area (Å²) in [4.78, 5) is 2.76. The molecule has 92 valence electrons. The van der Waals surface area contributed by atoms with Crippen molar-refractivity contribution in [1.29, 1.82) is 0 Å². The second-order valence-electron chi connectivity index (χ2n) is 4.19. The Morgan fingerprint density at radius 3 is 2.88 bits per heavy atom. The molecule has 0 amide bonds. The molecule has 1 N–H and O–H groups in total. The summed E-state index contributed by atoms with van der Waals surface area (Å²) >= 11 is 1.86. The van der Waals surface area contributed by atoms with Crippen LogP contribution in [0.5, 0.6) is 0 Å². The lowest BCUT2D eigenvalue weighted by molar-refractivity contribution is 0.536. The predicted molar refractivity (Wildman–Crippen MR) is 72.2 cm³/mol. The van der Waals surface area contributed by atoms with Crippen LogP contribution in [-0.4, -0.2) is 9.78 Å². The van der Waals surface area contributed by atoms with Gasteiger partial charge in [0.15, 0.2) is 0 Å². The molecule has 0 saturated heterocycles. The van der Waals surface area contributed by atoms with Gasteiger partial charge in [-0.15, -0.1) is 11.3 Å². The number of rotatable bonds is 5. The van der Waals surface area contributed by atoms with E-state index >= 15 is 0 Å². The molecule has 3 nitrogen and oxygen atoms in total. The van der Waals surface area contributed by atoms with Gasteiger partial charge < -0.3 is 5.32 Å². The minimum atomic E-state index is 0.397. The normalized spacial score (nSPS) is 12.9. The number of hydrogen-bond donors (Lipinski definition) is 1. The summed E-state index contributed by atoms with van der Waals surface area (Å²) < 4.78 is 2.03. The van der Waals surface area contributed by atoms with E-state index in [1.54, 1.807) is 0 Å². The molecule has 2 aromatic heterocycles. The van der Waals surface area contributed by atoms with Gasteiger partial charge in [0, 0.05) is 35.1 Å². The summed E-state index contributed by atoms with van der Waals surface area (Å²) in [6.07, 6.45) is 1.86. The van der Waals surface area contributed by atoms with Crippen LogP contribution in [0.25, 0.3) is 0 Å². The first kappa shape index (κ1) is 12.3. The lowest BCUT2D eigenvalue weighted by atomic mass is 10.2. The van der Waals surface area contributed by atoms with E-state index in [0.29, 0.717) is 6.04 Å². The van der Waals surface area contributed by atoms with Gasteiger partial charge >= 0.3 is 0 Å². The molecule has 0 spiro atoms. The van der Waals surface area contributed by atoms with Gasteiger partial charge in [0.1, 0.15) is 0 Å². The van der Waals surface area contributed by atoms with E-state index in [9.17, 15) is 0 Å². The van der Waals surface area contributed by atoms with Crippen molar-refractivity contribution in [2.24, 2.45) is 0 Å². The third-order valence-corrected chi connectivity index (χ3v) is 4.06. The lowest BCUT2D eigenvalue weighted by Crippen LogP contribution is -2.19. The molecule has 2 aromatic rings. The Balaban J connectivity index is 1.94. The van der Waals surface area contributed by atoms with Crippen molar-refractivity contribution in [2.75, 3.05) is 0 Å². The number of aryl methyl sites for hydroxylation is 2. The SMILES string of the molecule is CCn1nccc1CNC(C)c1ccc(C)s1. The summed E-state index contributed by atoms with van der Waals surface area (Å²) in [7, 11) is 0. The smallest absolute Gasteiger partial charge is 0.0522 e. The van der Waals surface area contributed by atoms with Gasteiger partial charge in [-0.1, -0.05) is 0 Å². The van der Waals surface area contributed by atoms with Crippen LogP contribution in [0.15, 0.2) is 24.4 Å². The molecule has 0 saturated carbocycles.